The maximum absolute atomic E-state index is 5.80. The Balaban J connectivity index is 4.16. The second kappa shape index (κ2) is 6.85. The highest BCUT2D eigenvalue weighted by molar-refractivity contribution is 9.14. The van der Waals surface area contributed by atoms with E-state index in [9.17, 15) is 0 Å². The fraction of sp³-hybridized carbons (Fsp3) is 0.800. The van der Waals surface area contributed by atoms with Gasteiger partial charge in [-0.2, -0.15) is 0 Å². The van der Waals surface area contributed by atoms with Crippen LogP contribution in [-0.4, -0.2) is 29.8 Å². The summed E-state index contributed by atoms with van der Waals surface area (Å²) in [5.74, 6) is 0. The number of rotatable bonds is 6. The molecule has 0 saturated carbocycles. The molecule has 0 radical (unpaired) electrons. The van der Waals surface area contributed by atoms with Gasteiger partial charge in [0.2, 0.25) is 0 Å². The quantitative estimate of drug-likeness (QED) is 0.613. The molecular formula is C10H22Br2O2Si2. The van der Waals surface area contributed by atoms with Crippen molar-refractivity contribution in [2.24, 2.45) is 0 Å². The van der Waals surface area contributed by atoms with Crippen molar-refractivity contribution in [3.63, 3.8) is 0 Å². The Morgan fingerprint density at radius 3 is 1.19 bits per heavy atom. The van der Waals surface area contributed by atoms with Gasteiger partial charge in [-0.3, -0.25) is 0 Å². The molecular weight excluding hydrogens is 368 g/mol. The summed E-state index contributed by atoms with van der Waals surface area (Å²) in [6.07, 6.45) is 0. The van der Waals surface area contributed by atoms with E-state index in [0.29, 0.717) is 13.2 Å². The molecule has 0 aromatic heterocycles. The first-order chi connectivity index (χ1) is 7.01. The van der Waals surface area contributed by atoms with Crippen LogP contribution < -0.4 is 0 Å². The molecule has 0 heterocycles. The van der Waals surface area contributed by atoms with Crippen LogP contribution in [0.2, 0.25) is 39.3 Å². The Morgan fingerprint density at radius 2 is 1.00 bits per heavy atom. The fourth-order valence-electron chi connectivity index (χ4n) is 0.716. The highest BCUT2D eigenvalue weighted by atomic mass is 79.9. The maximum atomic E-state index is 5.80. The minimum Gasteiger partial charge on any atom is -0.413 e. The Morgan fingerprint density at radius 1 is 0.750 bits per heavy atom. The van der Waals surface area contributed by atoms with Gasteiger partial charge in [0.05, 0.1) is 13.2 Å². The van der Waals surface area contributed by atoms with Crippen molar-refractivity contribution in [3.05, 3.63) is 8.96 Å². The van der Waals surface area contributed by atoms with E-state index >= 15 is 0 Å². The molecule has 0 bridgehead atoms. The summed E-state index contributed by atoms with van der Waals surface area (Å²) in [7, 11) is -2.89. The summed E-state index contributed by atoms with van der Waals surface area (Å²) in [6.45, 7) is 14.3. The molecule has 0 saturated heterocycles. The highest BCUT2D eigenvalue weighted by Crippen LogP contribution is 2.21. The second-order valence-corrected chi connectivity index (χ2v) is 16.6. The Labute approximate surface area is 118 Å². The molecule has 0 aliphatic heterocycles. The Bertz CT molecular complexity index is 229. The SMILES string of the molecule is C[Si](C)(C)OC/C(Br)=C(\Br)CO[Si](C)(C)C. The molecule has 0 aliphatic carbocycles. The average Bonchev–Trinajstić information content (AvgIpc) is 2.07. The lowest BCUT2D eigenvalue weighted by atomic mass is 10.5. The molecule has 0 amide bonds. The van der Waals surface area contributed by atoms with Crippen molar-refractivity contribution in [2.45, 2.75) is 39.3 Å². The van der Waals surface area contributed by atoms with Crippen molar-refractivity contribution >= 4 is 48.5 Å². The van der Waals surface area contributed by atoms with Crippen LogP contribution in [0.25, 0.3) is 0 Å². The van der Waals surface area contributed by atoms with E-state index in [2.05, 4.69) is 71.1 Å². The molecule has 0 aromatic carbocycles. The van der Waals surface area contributed by atoms with Gasteiger partial charge in [-0.25, -0.2) is 0 Å². The largest absolute Gasteiger partial charge is 0.413 e. The lowest BCUT2D eigenvalue weighted by Gasteiger charge is -2.19. The van der Waals surface area contributed by atoms with Crippen LogP contribution >= 0.6 is 31.9 Å². The van der Waals surface area contributed by atoms with Gasteiger partial charge in [0.25, 0.3) is 0 Å². The van der Waals surface area contributed by atoms with Gasteiger partial charge in [0.1, 0.15) is 0 Å². The van der Waals surface area contributed by atoms with Crippen LogP contribution in [0.4, 0.5) is 0 Å². The standard InChI is InChI=1S/C10H22Br2O2Si2/c1-15(2,3)13-7-9(11)10(12)8-14-16(4,5)6/h7-8H2,1-6H3/b10-9+. The smallest absolute Gasteiger partial charge is 0.184 e. The first-order valence-corrected chi connectivity index (χ1v) is 13.7. The zero-order valence-electron chi connectivity index (χ0n) is 11.0. The van der Waals surface area contributed by atoms with Crippen molar-refractivity contribution < 1.29 is 8.85 Å². The molecule has 0 rings (SSSR count). The monoisotopic (exact) mass is 388 g/mol. The predicted molar refractivity (Wildman–Crippen MR) is 83.5 cm³/mol. The minimum atomic E-state index is -1.44. The van der Waals surface area contributed by atoms with Crippen molar-refractivity contribution in [1.29, 1.82) is 0 Å². The zero-order chi connectivity index (χ0) is 13.0. The van der Waals surface area contributed by atoms with Gasteiger partial charge in [0, 0.05) is 8.96 Å². The van der Waals surface area contributed by atoms with Gasteiger partial charge in [0.15, 0.2) is 16.6 Å². The molecule has 96 valence electrons. The normalized spacial score (nSPS) is 15.0. The highest BCUT2D eigenvalue weighted by Gasteiger charge is 2.17. The van der Waals surface area contributed by atoms with E-state index in [4.69, 9.17) is 8.85 Å². The van der Waals surface area contributed by atoms with E-state index in [0.717, 1.165) is 8.96 Å². The van der Waals surface area contributed by atoms with Crippen LogP contribution in [0.5, 0.6) is 0 Å². The summed E-state index contributed by atoms with van der Waals surface area (Å²) >= 11 is 7.06. The maximum Gasteiger partial charge on any atom is 0.184 e. The van der Waals surface area contributed by atoms with Gasteiger partial charge >= 0.3 is 0 Å². The first kappa shape index (κ1) is 17.1. The van der Waals surface area contributed by atoms with Crippen LogP contribution in [0.3, 0.4) is 0 Å². The summed E-state index contributed by atoms with van der Waals surface area (Å²) in [6, 6.07) is 0. The first-order valence-electron chi connectivity index (χ1n) is 5.32. The molecule has 16 heavy (non-hydrogen) atoms. The number of hydrogen-bond acceptors (Lipinski definition) is 2. The lowest BCUT2D eigenvalue weighted by molar-refractivity contribution is 0.341. The van der Waals surface area contributed by atoms with E-state index in [1.165, 1.54) is 0 Å². The fourth-order valence-corrected chi connectivity index (χ4v) is 2.75. The average molecular weight is 390 g/mol. The Hall–Kier alpha value is 1.05. The Kier molecular flexibility index (Phi) is 7.30. The molecule has 0 atom stereocenters. The molecule has 0 aromatic rings. The zero-order valence-corrected chi connectivity index (χ0v) is 16.2. The third kappa shape index (κ3) is 10.2. The third-order valence-electron chi connectivity index (χ3n) is 1.56. The molecule has 6 heteroatoms. The van der Waals surface area contributed by atoms with Crippen LogP contribution in [0, 0.1) is 0 Å². The summed E-state index contributed by atoms with van der Waals surface area (Å²) in [5, 5.41) is 0. The van der Waals surface area contributed by atoms with E-state index in [1.54, 1.807) is 0 Å². The van der Waals surface area contributed by atoms with Gasteiger partial charge in [-0.05, 0) is 39.3 Å². The topological polar surface area (TPSA) is 18.5 Å². The molecule has 0 fully saturated rings. The van der Waals surface area contributed by atoms with Gasteiger partial charge in [-0.15, -0.1) is 0 Å². The lowest BCUT2D eigenvalue weighted by Crippen LogP contribution is -2.27. The van der Waals surface area contributed by atoms with Crippen molar-refractivity contribution in [2.75, 3.05) is 13.2 Å². The van der Waals surface area contributed by atoms with Crippen molar-refractivity contribution in [1.82, 2.24) is 0 Å². The third-order valence-corrected chi connectivity index (χ3v) is 5.53. The van der Waals surface area contributed by atoms with Crippen LogP contribution in [0.15, 0.2) is 8.96 Å². The molecule has 0 aliphatic rings. The van der Waals surface area contributed by atoms with E-state index in [-0.39, 0.29) is 0 Å². The van der Waals surface area contributed by atoms with E-state index < -0.39 is 16.6 Å². The molecule has 2 nitrogen and oxygen atoms in total. The van der Waals surface area contributed by atoms with E-state index in [1.807, 2.05) is 0 Å². The van der Waals surface area contributed by atoms with Crippen LogP contribution in [0.1, 0.15) is 0 Å². The second-order valence-electron chi connectivity index (χ2n) is 5.61. The summed E-state index contributed by atoms with van der Waals surface area (Å²) < 4.78 is 13.7. The molecule has 0 unspecified atom stereocenters. The van der Waals surface area contributed by atoms with Crippen LogP contribution in [-0.2, 0) is 8.85 Å². The van der Waals surface area contributed by atoms with Crippen molar-refractivity contribution in [3.8, 4) is 0 Å². The predicted octanol–water partition coefficient (Wildman–Crippen LogP) is 4.69. The number of halogens is 2. The summed E-state index contributed by atoms with van der Waals surface area (Å²) in [4.78, 5) is 0. The van der Waals surface area contributed by atoms with Gasteiger partial charge < -0.3 is 8.85 Å². The summed E-state index contributed by atoms with van der Waals surface area (Å²) in [5.41, 5.74) is 0. The molecule has 0 spiro atoms. The minimum absolute atomic E-state index is 0.630. The van der Waals surface area contributed by atoms with Gasteiger partial charge in [-0.1, -0.05) is 31.9 Å². The number of hydrogen-bond donors (Lipinski definition) is 0. The molecule has 0 N–H and O–H groups in total.